The smallest absolute Gasteiger partial charge is 0.264 e. The van der Waals surface area contributed by atoms with Crippen LogP contribution in [0.4, 0.5) is 34.1 Å². The molecule has 0 N–H and O–H groups in total. The van der Waals surface area contributed by atoms with Gasteiger partial charge in [0.1, 0.15) is 0 Å². The lowest BCUT2D eigenvalue weighted by Crippen LogP contribution is -2.60. The molecule has 17 aromatic rings. The van der Waals surface area contributed by atoms with Crippen molar-refractivity contribution in [3.05, 3.63) is 313 Å². The van der Waals surface area contributed by atoms with Crippen molar-refractivity contribution in [2.24, 2.45) is 0 Å². The molecule has 0 amide bonds. The average molecular weight is 1370 g/mol. The van der Waals surface area contributed by atoms with Crippen LogP contribution >= 0.6 is 11.3 Å². The van der Waals surface area contributed by atoms with E-state index < -0.39 is 12.1 Å². The highest BCUT2D eigenvalue weighted by Crippen LogP contribution is 2.58. The second-order valence-electron chi connectivity index (χ2n) is 33.4. The van der Waals surface area contributed by atoms with Gasteiger partial charge in [0.2, 0.25) is 0 Å². The van der Waals surface area contributed by atoms with E-state index in [2.05, 4.69) is 370 Å². The first-order valence-electron chi connectivity index (χ1n) is 38.7. The number of nitrogens with zero attached hydrogens (tertiary/aromatic N) is 3. The van der Waals surface area contributed by atoms with E-state index in [9.17, 15) is 4.11 Å². The summed E-state index contributed by atoms with van der Waals surface area (Å²) in [7, 11) is 0. The summed E-state index contributed by atoms with van der Waals surface area (Å²) < 4.78 is 39.7. The zero-order valence-electron chi connectivity index (χ0n) is 64.8. The number of hydrogen-bond acceptors (Lipinski definition) is 3. The lowest BCUT2D eigenvalue weighted by Gasteiger charge is -2.46. The van der Waals surface area contributed by atoms with Crippen LogP contribution in [0.1, 0.15) is 109 Å². The van der Waals surface area contributed by atoms with Gasteiger partial charge in [0.05, 0.1) is 32.2 Å². The molecule has 0 fully saturated rings. The van der Waals surface area contributed by atoms with Gasteiger partial charge in [0.15, 0.2) is 0 Å². The molecule has 105 heavy (non-hydrogen) atoms. The Morgan fingerprint density at radius 1 is 0.333 bits per heavy atom. The molecule has 508 valence electrons. The highest BCUT2D eigenvalue weighted by Gasteiger charge is 2.48. The van der Waals surface area contributed by atoms with Crippen molar-refractivity contribution in [2.75, 3.05) is 9.80 Å². The molecule has 4 heterocycles. The van der Waals surface area contributed by atoms with Crippen molar-refractivity contribution >= 4 is 132 Å². The van der Waals surface area contributed by atoms with Gasteiger partial charge in [0.25, 0.3) is 6.71 Å². The van der Waals surface area contributed by atoms with Crippen molar-refractivity contribution in [2.45, 2.75) is 105 Å². The third kappa shape index (κ3) is 10.3. The molecule has 0 radical (unpaired) electrons. The largest absolute Gasteiger partial charge is 0.310 e. The molecule has 15 aromatic carbocycles. The molecule has 2 aliphatic rings. The second-order valence-corrected chi connectivity index (χ2v) is 34.5. The van der Waals surface area contributed by atoms with Crippen LogP contribution in [0, 0.1) is 0 Å². The summed E-state index contributed by atoms with van der Waals surface area (Å²) in [5.74, 6) is 0. The topological polar surface area (TPSA) is 11.4 Å². The quantitative estimate of drug-likeness (QED) is 0.111. The van der Waals surface area contributed by atoms with E-state index in [1.807, 2.05) is 11.3 Å². The van der Waals surface area contributed by atoms with E-state index in [0.29, 0.717) is 16.8 Å². The van der Waals surface area contributed by atoms with Crippen LogP contribution in [0.5, 0.6) is 0 Å². The Morgan fingerprint density at radius 3 is 1.30 bits per heavy atom. The maximum absolute atomic E-state index is 12.2. The van der Waals surface area contributed by atoms with Gasteiger partial charge in [-0.2, -0.15) is 0 Å². The number of anilines is 6. The molecule has 19 rings (SSSR count). The van der Waals surface area contributed by atoms with Crippen molar-refractivity contribution in [1.29, 1.82) is 0 Å². The number of benzene rings is 15. The van der Waals surface area contributed by atoms with Crippen molar-refractivity contribution < 1.29 is 4.11 Å². The summed E-state index contributed by atoms with van der Waals surface area (Å²) in [4.78, 5) is 5.10. The van der Waals surface area contributed by atoms with E-state index in [1.54, 1.807) is 0 Å². The van der Waals surface area contributed by atoms with E-state index in [-0.39, 0.29) is 34.4 Å². The summed E-state index contributed by atoms with van der Waals surface area (Å²) in [5, 5.41) is 9.94. The molecule has 0 saturated heterocycles. The minimum atomic E-state index is -0.643. The summed E-state index contributed by atoms with van der Waals surface area (Å²) in [5.41, 5.74) is 23.5. The molecular formula is C100H84BN3S. The monoisotopic (exact) mass is 1370 g/mol. The maximum atomic E-state index is 12.2. The fourth-order valence-electron chi connectivity index (χ4n) is 17.1. The highest BCUT2D eigenvalue weighted by molar-refractivity contribution is 7.33. The Balaban J connectivity index is 1.04. The van der Waals surface area contributed by atoms with Gasteiger partial charge < -0.3 is 14.4 Å². The second kappa shape index (κ2) is 23.6. The van der Waals surface area contributed by atoms with Crippen LogP contribution in [0.3, 0.4) is 0 Å². The lowest BCUT2D eigenvalue weighted by molar-refractivity contribution is 0.590. The summed E-state index contributed by atoms with van der Waals surface area (Å²) in [6.07, 6.45) is 0. The molecule has 0 bridgehead atoms. The van der Waals surface area contributed by atoms with E-state index in [0.717, 1.165) is 159 Å². The van der Waals surface area contributed by atoms with E-state index in [1.165, 1.54) is 22.1 Å². The Morgan fingerprint density at radius 2 is 0.781 bits per heavy atom. The first-order chi connectivity index (χ1) is 51.9. The van der Waals surface area contributed by atoms with Gasteiger partial charge in [0, 0.05) is 76.0 Å². The molecule has 5 heteroatoms. The number of fused-ring (bicyclic) bond motifs is 10. The molecule has 0 atom stereocenters. The van der Waals surface area contributed by atoms with E-state index >= 15 is 0 Å². The minimum absolute atomic E-state index is 0.00475. The number of rotatable bonds is 8. The fourth-order valence-corrected chi connectivity index (χ4v) is 18.5. The summed E-state index contributed by atoms with van der Waals surface area (Å²) in [6.45, 7) is 27.2. The van der Waals surface area contributed by atoms with Gasteiger partial charge in [-0.25, -0.2) is 0 Å². The Hall–Kier alpha value is -11.2. The van der Waals surface area contributed by atoms with E-state index in [4.69, 9.17) is 0 Å². The zero-order chi connectivity index (χ0) is 74.4. The molecular weight excluding hydrogens is 1290 g/mol. The molecule has 0 aliphatic carbocycles. The first-order valence-corrected chi connectivity index (χ1v) is 38.0. The normalized spacial score (nSPS) is 13.7. The average Bonchev–Trinajstić information content (AvgIpc) is 1.19. The molecule has 0 saturated carbocycles. The summed E-state index contributed by atoms with van der Waals surface area (Å²) in [6, 6.07) is 101. The SMILES string of the molecule is [2H]c1c([2H])c(-n2c3cccc(-c4ccccc4)c3c3cc4ccc5cccc6ccc(c4c56)c32)c([2H])c2c1B1c3sc4cc(C(C)(C)C)ccc4c3N(c3c(-c4ccccc4)cc(C(C)(C)C)cc3-c3ccccc3)c3cc(C(C)(C)C)cc(c31)N2c1c(-c2ccccc2)cc(C(C)(C)C)cc1-c1ccccc1. The van der Waals surface area contributed by atoms with Gasteiger partial charge in [-0.15, -0.1) is 11.3 Å². The predicted octanol–water partition coefficient (Wildman–Crippen LogP) is 26.5. The molecule has 3 nitrogen and oxygen atoms in total. The van der Waals surface area contributed by atoms with Crippen molar-refractivity contribution in [3.8, 4) is 61.3 Å². The third-order valence-electron chi connectivity index (χ3n) is 22.6. The molecule has 0 spiro atoms. The number of aromatic nitrogens is 1. The maximum Gasteiger partial charge on any atom is 0.264 e. The number of hydrogen-bond donors (Lipinski definition) is 0. The van der Waals surface area contributed by atoms with Crippen LogP contribution in [0.15, 0.2) is 291 Å². The van der Waals surface area contributed by atoms with Crippen LogP contribution in [0.2, 0.25) is 0 Å². The molecule has 2 aromatic heterocycles. The zero-order valence-corrected chi connectivity index (χ0v) is 62.6. The van der Waals surface area contributed by atoms with Crippen LogP contribution < -0.4 is 25.5 Å². The van der Waals surface area contributed by atoms with Crippen LogP contribution in [-0.2, 0) is 21.7 Å². The predicted molar refractivity (Wildman–Crippen MR) is 456 cm³/mol. The van der Waals surface area contributed by atoms with Crippen molar-refractivity contribution in [1.82, 2.24) is 4.57 Å². The Kier molecular flexibility index (Phi) is 13.8. The fraction of sp³-hybridized carbons (Fsp3) is 0.160. The number of thiophene rings is 1. The first kappa shape index (κ1) is 61.3. The van der Waals surface area contributed by atoms with Gasteiger partial charge in [-0.05, 0) is 182 Å². The third-order valence-corrected chi connectivity index (χ3v) is 23.8. The summed E-state index contributed by atoms with van der Waals surface area (Å²) >= 11 is 1.81. The standard InChI is InChI=1S/C100H84BN3S/c1-97(2,3)69-47-50-75-87(59-69)105-96-95(75)104(94-79(64-36-24-16-25-37-64)55-71(99(7,8)9)56-80(94)65-38-26-17-27-39-65)86-58-72(100(10,11)12)57-85-91(86)101(96)82-51-48-73(60-84(82)103(85)93-77(62-32-20-14-21-33-62)53-70(98(4,5)6)54-78(93)63-34-22-15-23-35-63)102-83-43-29-42-74(61-30-18-13-19-31-61)90(83)81-52-68-45-44-66-40-28-41-67-46-49-76(92(81)102)89(68)88(66)67/h13-60H,1-12H3/i48D,51D,60D. The van der Waals surface area contributed by atoms with Crippen LogP contribution in [-0.4, -0.2) is 11.3 Å². The van der Waals surface area contributed by atoms with Gasteiger partial charge in [-0.3, -0.25) is 0 Å². The van der Waals surface area contributed by atoms with Gasteiger partial charge in [-0.1, -0.05) is 308 Å². The van der Waals surface area contributed by atoms with Crippen molar-refractivity contribution in [3.63, 3.8) is 0 Å². The lowest BCUT2D eigenvalue weighted by atomic mass is 9.36. The Labute approximate surface area is 626 Å². The molecule has 2 aliphatic heterocycles. The Bertz CT molecular complexity index is 6410. The molecule has 0 unspecified atom stereocenters. The van der Waals surface area contributed by atoms with Gasteiger partial charge >= 0.3 is 0 Å². The minimum Gasteiger partial charge on any atom is -0.310 e. The van der Waals surface area contributed by atoms with Crippen LogP contribution in [0.25, 0.3) is 126 Å². The highest BCUT2D eigenvalue weighted by atomic mass is 32.1.